The number of piperidine rings is 1. The molecule has 2 aromatic carbocycles. The molecule has 0 unspecified atom stereocenters. The highest BCUT2D eigenvalue weighted by molar-refractivity contribution is 7.89. The van der Waals surface area contributed by atoms with Crippen molar-refractivity contribution in [2.45, 2.75) is 38.0 Å². The average molecular weight is 401 g/mol. The fraction of sp³-hybridized carbons (Fsp3) is 0.409. The lowest BCUT2D eigenvalue weighted by atomic mass is 9.99. The lowest BCUT2D eigenvalue weighted by Gasteiger charge is -2.31. The van der Waals surface area contributed by atoms with E-state index in [9.17, 15) is 13.2 Å². The third kappa shape index (κ3) is 4.80. The molecule has 1 heterocycles. The number of aryl methyl sites for hydroxylation is 2. The zero-order chi connectivity index (χ0) is 20.1. The first-order valence-corrected chi connectivity index (χ1v) is 11.2. The van der Waals surface area contributed by atoms with Gasteiger partial charge in [-0.15, -0.1) is 0 Å². The molecule has 1 aliphatic rings. The van der Waals surface area contributed by atoms with Gasteiger partial charge in [0.2, 0.25) is 15.9 Å². The van der Waals surface area contributed by atoms with Crippen LogP contribution in [0.15, 0.2) is 53.4 Å². The summed E-state index contributed by atoms with van der Waals surface area (Å²) in [6.45, 7) is 4.96. The largest absolute Gasteiger partial charge is 0.355 e. The van der Waals surface area contributed by atoms with Crippen molar-refractivity contribution in [2.24, 2.45) is 5.92 Å². The first kappa shape index (κ1) is 20.6. The Kier molecular flexibility index (Phi) is 6.52. The van der Waals surface area contributed by atoms with E-state index in [2.05, 4.69) is 5.32 Å². The van der Waals surface area contributed by atoms with Crippen molar-refractivity contribution < 1.29 is 13.2 Å². The third-order valence-electron chi connectivity index (χ3n) is 5.27. The summed E-state index contributed by atoms with van der Waals surface area (Å²) >= 11 is 0. The molecule has 28 heavy (non-hydrogen) atoms. The third-order valence-corrected chi connectivity index (χ3v) is 7.28. The first-order valence-electron chi connectivity index (χ1n) is 9.77. The second-order valence-corrected chi connectivity index (χ2v) is 9.40. The minimum atomic E-state index is -3.59. The molecule has 1 fully saturated rings. The number of hydrogen-bond acceptors (Lipinski definition) is 3. The van der Waals surface area contributed by atoms with Crippen molar-refractivity contribution in [3.63, 3.8) is 0 Å². The highest BCUT2D eigenvalue weighted by Gasteiger charge is 2.33. The van der Waals surface area contributed by atoms with Crippen molar-refractivity contribution in [1.82, 2.24) is 9.62 Å². The molecule has 1 amide bonds. The number of hydrogen-bond donors (Lipinski definition) is 1. The normalized spacial score (nSPS) is 18.0. The zero-order valence-corrected chi connectivity index (χ0v) is 17.3. The fourth-order valence-corrected chi connectivity index (χ4v) is 5.45. The van der Waals surface area contributed by atoms with Crippen LogP contribution in [0.25, 0.3) is 0 Å². The van der Waals surface area contributed by atoms with Crippen LogP contribution in [0.3, 0.4) is 0 Å². The monoisotopic (exact) mass is 400 g/mol. The molecule has 0 saturated carbocycles. The van der Waals surface area contributed by atoms with E-state index >= 15 is 0 Å². The van der Waals surface area contributed by atoms with Crippen LogP contribution in [0.4, 0.5) is 0 Å². The summed E-state index contributed by atoms with van der Waals surface area (Å²) in [5.74, 6) is -0.360. The van der Waals surface area contributed by atoms with Gasteiger partial charge in [0.05, 0.1) is 10.8 Å². The Hall–Kier alpha value is -2.18. The summed E-state index contributed by atoms with van der Waals surface area (Å²) in [5, 5.41) is 2.97. The summed E-state index contributed by atoms with van der Waals surface area (Å²) in [5.41, 5.74) is 2.82. The van der Waals surface area contributed by atoms with E-state index in [-0.39, 0.29) is 18.4 Å². The Morgan fingerprint density at radius 2 is 1.89 bits per heavy atom. The maximum Gasteiger partial charge on any atom is 0.243 e. The van der Waals surface area contributed by atoms with Gasteiger partial charge < -0.3 is 5.32 Å². The van der Waals surface area contributed by atoms with E-state index in [0.29, 0.717) is 24.4 Å². The lowest BCUT2D eigenvalue weighted by Crippen LogP contribution is -2.45. The predicted molar refractivity (Wildman–Crippen MR) is 111 cm³/mol. The number of sulfonamides is 1. The Morgan fingerprint density at radius 1 is 1.14 bits per heavy atom. The van der Waals surface area contributed by atoms with Gasteiger partial charge >= 0.3 is 0 Å². The molecule has 0 spiro atoms. The molecule has 0 radical (unpaired) electrons. The van der Waals surface area contributed by atoms with Crippen LogP contribution in [0.2, 0.25) is 0 Å². The maximum absolute atomic E-state index is 13.1. The van der Waals surface area contributed by atoms with Gasteiger partial charge in [0.15, 0.2) is 0 Å². The molecule has 1 aliphatic heterocycles. The minimum absolute atomic E-state index is 0.0585. The van der Waals surface area contributed by atoms with Crippen molar-refractivity contribution >= 4 is 15.9 Å². The zero-order valence-electron chi connectivity index (χ0n) is 16.5. The van der Waals surface area contributed by atoms with Gasteiger partial charge in [-0.2, -0.15) is 4.31 Å². The molecule has 3 rings (SSSR count). The van der Waals surface area contributed by atoms with Crippen molar-refractivity contribution in [2.75, 3.05) is 19.6 Å². The van der Waals surface area contributed by atoms with E-state index in [1.807, 2.05) is 56.3 Å². The van der Waals surface area contributed by atoms with E-state index < -0.39 is 10.0 Å². The Balaban J connectivity index is 1.63. The number of rotatable bonds is 6. The number of benzene rings is 2. The predicted octanol–water partition coefficient (Wildman–Crippen LogP) is 3.06. The number of amides is 1. The van der Waals surface area contributed by atoms with Crippen LogP contribution in [0, 0.1) is 19.8 Å². The fourth-order valence-electron chi connectivity index (χ4n) is 3.62. The summed E-state index contributed by atoms with van der Waals surface area (Å²) in [6, 6.07) is 15.5. The van der Waals surface area contributed by atoms with Crippen LogP contribution in [0.1, 0.15) is 29.5 Å². The minimum Gasteiger partial charge on any atom is -0.355 e. The number of nitrogens with zero attached hydrogens (tertiary/aromatic N) is 1. The summed E-state index contributed by atoms with van der Waals surface area (Å²) in [4.78, 5) is 12.9. The van der Waals surface area contributed by atoms with Crippen LogP contribution < -0.4 is 5.32 Å². The number of carbonyl (C=O) groups is 1. The molecule has 2 aromatic rings. The second kappa shape index (κ2) is 8.88. The topological polar surface area (TPSA) is 66.5 Å². The van der Waals surface area contributed by atoms with Crippen LogP contribution in [0.5, 0.6) is 0 Å². The Morgan fingerprint density at radius 3 is 2.64 bits per heavy atom. The lowest BCUT2D eigenvalue weighted by molar-refractivity contribution is -0.126. The molecule has 0 aliphatic carbocycles. The standard InChI is InChI=1S/C22H28N2O3S/c1-17-10-11-18(2)21(15-17)28(26,27)24-14-6-9-20(16-24)22(25)23-13-12-19-7-4-3-5-8-19/h3-5,7-8,10-11,15,20H,6,9,12-14,16H2,1-2H3,(H,23,25)/t20-/m0/s1. The summed E-state index contributed by atoms with van der Waals surface area (Å²) in [6.07, 6.45) is 2.18. The van der Waals surface area contributed by atoms with Gasteiger partial charge in [0.1, 0.15) is 0 Å². The molecular weight excluding hydrogens is 372 g/mol. The van der Waals surface area contributed by atoms with Gasteiger partial charge in [0.25, 0.3) is 0 Å². The van der Waals surface area contributed by atoms with Crippen LogP contribution >= 0.6 is 0 Å². The van der Waals surface area contributed by atoms with E-state index in [1.165, 1.54) is 9.87 Å². The van der Waals surface area contributed by atoms with Gasteiger partial charge in [-0.05, 0) is 55.9 Å². The molecule has 1 saturated heterocycles. The smallest absolute Gasteiger partial charge is 0.243 e. The van der Waals surface area contributed by atoms with E-state index in [1.54, 1.807) is 6.07 Å². The summed E-state index contributed by atoms with van der Waals surface area (Å²) in [7, 11) is -3.59. The molecule has 0 aromatic heterocycles. The van der Waals surface area contributed by atoms with Gasteiger partial charge in [-0.3, -0.25) is 4.79 Å². The Labute approximate surface area is 167 Å². The first-order chi connectivity index (χ1) is 13.4. The molecule has 5 nitrogen and oxygen atoms in total. The van der Waals surface area contributed by atoms with E-state index in [0.717, 1.165) is 24.0 Å². The van der Waals surface area contributed by atoms with Gasteiger partial charge in [-0.25, -0.2) is 8.42 Å². The number of carbonyl (C=O) groups excluding carboxylic acids is 1. The molecule has 1 N–H and O–H groups in total. The van der Waals surface area contributed by atoms with Gasteiger partial charge in [-0.1, -0.05) is 42.5 Å². The highest BCUT2D eigenvalue weighted by atomic mass is 32.2. The van der Waals surface area contributed by atoms with Gasteiger partial charge in [0, 0.05) is 19.6 Å². The Bertz CT molecular complexity index is 926. The molecule has 1 atom stereocenters. The quantitative estimate of drug-likeness (QED) is 0.810. The van der Waals surface area contributed by atoms with Crippen LogP contribution in [-0.2, 0) is 21.2 Å². The molecular formula is C22H28N2O3S. The number of nitrogens with one attached hydrogen (secondary N) is 1. The average Bonchev–Trinajstić information content (AvgIpc) is 2.70. The van der Waals surface area contributed by atoms with Crippen molar-refractivity contribution in [1.29, 1.82) is 0 Å². The maximum atomic E-state index is 13.1. The highest BCUT2D eigenvalue weighted by Crippen LogP contribution is 2.26. The van der Waals surface area contributed by atoms with Crippen molar-refractivity contribution in [3.8, 4) is 0 Å². The molecule has 6 heteroatoms. The molecule has 0 bridgehead atoms. The summed E-state index contributed by atoms with van der Waals surface area (Å²) < 4.78 is 27.7. The van der Waals surface area contributed by atoms with Crippen LogP contribution in [-0.4, -0.2) is 38.3 Å². The molecule has 150 valence electrons. The van der Waals surface area contributed by atoms with E-state index in [4.69, 9.17) is 0 Å². The SMILES string of the molecule is Cc1ccc(C)c(S(=O)(=O)N2CCC[C@H](C(=O)NCCc3ccccc3)C2)c1. The van der Waals surface area contributed by atoms with Crippen molar-refractivity contribution in [3.05, 3.63) is 65.2 Å². The second-order valence-electron chi connectivity index (χ2n) is 7.50.